The summed E-state index contributed by atoms with van der Waals surface area (Å²) in [6, 6.07) is 5.97. The first kappa shape index (κ1) is 20.4. The van der Waals surface area contributed by atoms with Crippen LogP contribution in [0.2, 0.25) is 5.02 Å². The van der Waals surface area contributed by atoms with E-state index in [0.717, 1.165) is 71.1 Å². The van der Waals surface area contributed by atoms with Gasteiger partial charge in [0.1, 0.15) is 22.6 Å². The number of hydrogen-bond acceptors (Lipinski definition) is 8. The van der Waals surface area contributed by atoms with Crippen LogP contribution in [0.3, 0.4) is 0 Å². The Labute approximate surface area is 204 Å². The molecule has 1 atom stereocenters. The molecule has 1 unspecified atom stereocenters. The predicted octanol–water partition coefficient (Wildman–Crippen LogP) is 4.23. The lowest BCUT2D eigenvalue weighted by Crippen LogP contribution is -2.44. The SMILES string of the molecule is Cc1nc2c(s1)C(N)C1(CCN(c3nc4ccc(-c5ccnc(N)c5Cl)c5ncc3n45)CC1)C2. The summed E-state index contributed by atoms with van der Waals surface area (Å²) in [4.78, 5) is 22.2. The van der Waals surface area contributed by atoms with Gasteiger partial charge in [-0.3, -0.25) is 4.40 Å². The fourth-order valence-corrected chi connectivity index (χ4v) is 7.13. The number of nitrogens with zero attached hydrogens (tertiary/aromatic N) is 6. The molecule has 172 valence electrons. The number of nitrogens with two attached hydrogens (primary N) is 2. The molecule has 1 saturated heterocycles. The molecule has 0 radical (unpaired) electrons. The van der Waals surface area contributed by atoms with E-state index < -0.39 is 0 Å². The molecule has 7 rings (SSSR count). The van der Waals surface area contributed by atoms with Gasteiger partial charge >= 0.3 is 0 Å². The highest BCUT2D eigenvalue weighted by atomic mass is 35.5. The molecule has 6 heterocycles. The standard InChI is InChI=1S/C24H23ClN8S/c1-12-30-15-10-24(20(26)19(15)34-12)5-8-32(9-6-24)23-16-11-29-22-14(2-3-17(31-23)33(16)22)13-4-7-28-21(27)18(13)25/h2-4,7,11,20H,5-6,8-10,26H2,1H3,(H2,27,28). The molecular formula is C24H23ClN8S. The number of fused-ring (bicyclic) bond motifs is 1. The van der Waals surface area contributed by atoms with Crippen molar-refractivity contribution in [2.75, 3.05) is 23.7 Å². The Morgan fingerprint density at radius 3 is 2.74 bits per heavy atom. The number of anilines is 2. The van der Waals surface area contributed by atoms with Crippen LogP contribution in [0, 0.1) is 12.3 Å². The summed E-state index contributed by atoms with van der Waals surface area (Å²) in [6.07, 6.45) is 6.63. The summed E-state index contributed by atoms with van der Waals surface area (Å²) in [5.74, 6) is 1.29. The lowest BCUT2D eigenvalue weighted by atomic mass is 9.74. The van der Waals surface area contributed by atoms with Gasteiger partial charge in [-0.15, -0.1) is 11.3 Å². The summed E-state index contributed by atoms with van der Waals surface area (Å²) in [5, 5.41) is 1.56. The molecule has 10 heteroatoms. The van der Waals surface area contributed by atoms with Crippen molar-refractivity contribution >= 4 is 51.4 Å². The van der Waals surface area contributed by atoms with Crippen LogP contribution in [0.25, 0.3) is 27.9 Å². The van der Waals surface area contributed by atoms with Crippen LogP contribution >= 0.6 is 22.9 Å². The van der Waals surface area contributed by atoms with Gasteiger partial charge in [-0.05, 0) is 49.8 Å². The Hall–Kier alpha value is -3.01. The Kier molecular flexibility index (Phi) is 4.20. The van der Waals surface area contributed by atoms with E-state index in [1.165, 1.54) is 10.6 Å². The third-order valence-electron chi connectivity index (χ3n) is 7.64. The third kappa shape index (κ3) is 2.68. The van der Waals surface area contributed by atoms with Gasteiger partial charge in [0.15, 0.2) is 5.82 Å². The van der Waals surface area contributed by atoms with Gasteiger partial charge in [0.2, 0.25) is 0 Å². The Morgan fingerprint density at radius 2 is 1.94 bits per heavy atom. The van der Waals surface area contributed by atoms with Gasteiger partial charge in [-0.1, -0.05) is 11.6 Å². The summed E-state index contributed by atoms with van der Waals surface area (Å²) < 4.78 is 2.10. The fourth-order valence-electron chi connectivity index (χ4n) is 5.83. The quantitative estimate of drug-likeness (QED) is 0.381. The summed E-state index contributed by atoms with van der Waals surface area (Å²) in [5.41, 5.74) is 18.5. The summed E-state index contributed by atoms with van der Waals surface area (Å²) in [7, 11) is 0. The van der Waals surface area contributed by atoms with Crippen molar-refractivity contribution in [2.24, 2.45) is 11.1 Å². The molecule has 0 bridgehead atoms. The molecule has 8 nitrogen and oxygen atoms in total. The first-order chi connectivity index (χ1) is 16.4. The number of rotatable bonds is 2. The molecule has 1 fully saturated rings. The van der Waals surface area contributed by atoms with Gasteiger partial charge in [0.05, 0.1) is 21.9 Å². The molecule has 5 aromatic rings. The number of hydrogen-bond donors (Lipinski definition) is 2. The minimum absolute atomic E-state index is 0.0837. The van der Waals surface area contributed by atoms with Crippen molar-refractivity contribution in [1.29, 1.82) is 0 Å². The molecular weight excluding hydrogens is 468 g/mol. The smallest absolute Gasteiger partial charge is 0.157 e. The van der Waals surface area contributed by atoms with E-state index in [4.69, 9.17) is 38.0 Å². The van der Waals surface area contributed by atoms with E-state index in [-0.39, 0.29) is 11.5 Å². The second-order valence-electron chi connectivity index (χ2n) is 9.45. The van der Waals surface area contributed by atoms with Crippen LogP contribution in [0.15, 0.2) is 30.6 Å². The van der Waals surface area contributed by atoms with Crippen molar-refractivity contribution < 1.29 is 0 Å². The van der Waals surface area contributed by atoms with Gasteiger partial charge in [0, 0.05) is 41.3 Å². The molecule has 2 aliphatic rings. The number of imidazole rings is 2. The third-order valence-corrected chi connectivity index (χ3v) is 9.14. The van der Waals surface area contributed by atoms with E-state index in [1.807, 2.05) is 24.4 Å². The maximum atomic E-state index is 6.76. The number of nitrogen functional groups attached to an aromatic ring is 1. The molecule has 0 aromatic carbocycles. The Bertz CT molecular complexity index is 1560. The number of pyridine rings is 2. The first-order valence-electron chi connectivity index (χ1n) is 11.4. The topological polar surface area (TPSA) is 111 Å². The van der Waals surface area contributed by atoms with Crippen LogP contribution in [0.4, 0.5) is 11.6 Å². The molecule has 1 aliphatic carbocycles. The van der Waals surface area contributed by atoms with Crippen LogP contribution in [0.5, 0.6) is 0 Å². The van der Waals surface area contributed by atoms with Crippen LogP contribution < -0.4 is 16.4 Å². The maximum absolute atomic E-state index is 6.76. The minimum atomic E-state index is 0.0837. The highest BCUT2D eigenvalue weighted by molar-refractivity contribution is 7.11. The monoisotopic (exact) mass is 490 g/mol. The number of aryl methyl sites for hydroxylation is 1. The number of thiazole rings is 1. The minimum Gasteiger partial charge on any atom is -0.382 e. The summed E-state index contributed by atoms with van der Waals surface area (Å²) >= 11 is 8.23. The predicted molar refractivity (Wildman–Crippen MR) is 136 cm³/mol. The summed E-state index contributed by atoms with van der Waals surface area (Å²) in [6.45, 7) is 3.90. The van der Waals surface area contributed by atoms with Gasteiger partial charge < -0.3 is 16.4 Å². The van der Waals surface area contributed by atoms with Gasteiger partial charge in [0.25, 0.3) is 0 Å². The molecule has 4 N–H and O–H groups in total. The highest BCUT2D eigenvalue weighted by Crippen LogP contribution is 2.52. The fraction of sp³-hybridized carbons (Fsp3) is 0.333. The number of halogens is 1. The maximum Gasteiger partial charge on any atom is 0.157 e. The number of aromatic nitrogens is 5. The normalized spacial score (nSPS) is 19.6. The van der Waals surface area contributed by atoms with Crippen LogP contribution in [-0.4, -0.2) is 37.4 Å². The van der Waals surface area contributed by atoms with Crippen molar-refractivity contribution in [1.82, 2.24) is 24.3 Å². The van der Waals surface area contributed by atoms with Crippen molar-refractivity contribution in [3.05, 3.63) is 51.2 Å². The van der Waals surface area contributed by atoms with E-state index >= 15 is 0 Å². The zero-order valence-electron chi connectivity index (χ0n) is 18.6. The number of piperidine rings is 1. The average Bonchev–Trinajstić information content (AvgIpc) is 3.57. The lowest BCUT2D eigenvalue weighted by molar-refractivity contribution is 0.187. The average molecular weight is 491 g/mol. The molecule has 1 aliphatic heterocycles. The van der Waals surface area contributed by atoms with E-state index in [1.54, 1.807) is 17.5 Å². The Morgan fingerprint density at radius 1 is 1.12 bits per heavy atom. The van der Waals surface area contributed by atoms with Gasteiger partial charge in [-0.2, -0.15) is 0 Å². The van der Waals surface area contributed by atoms with Crippen molar-refractivity contribution in [3.8, 4) is 11.1 Å². The zero-order chi connectivity index (χ0) is 23.2. The first-order valence-corrected chi connectivity index (χ1v) is 12.6. The van der Waals surface area contributed by atoms with Crippen LogP contribution in [-0.2, 0) is 6.42 Å². The van der Waals surface area contributed by atoms with E-state index in [2.05, 4.69) is 21.2 Å². The molecule has 5 aromatic heterocycles. The molecule has 1 spiro atoms. The second kappa shape index (κ2) is 7.00. The lowest BCUT2D eigenvalue weighted by Gasteiger charge is -2.42. The van der Waals surface area contributed by atoms with Crippen LogP contribution in [0.1, 0.15) is 34.5 Å². The molecule has 34 heavy (non-hydrogen) atoms. The van der Waals surface area contributed by atoms with Crippen molar-refractivity contribution in [3.63, 3.8) is 0 Å². The Balaban J connectivity index is 1.22. The van der Waals surface area contributed by atoms with Crippen molar-refractivity contribution in [2.45, 2.75) is 32.2 Å². The largest absolute Gasteiger partial charge is 0.382 e. The molecule has 0 saturated carbocycles. The highest BCUT2D eigenvalue weighted by Gasteiger charge is 2.48. The zero-order valence-corrected chi connectivity index (χ0v) is 20.2. The molecule has 0 amide bonds. The van der Waals surface area contributed by atoms with E-state index in [9.17, 15) is 0 Å². The van der Waals surface area contributed by atoms with Gasteiger partial charge in [-0.25, -0.2) is 19.9 Å². The second-order valence-corrected chi connectivity index (χ2v) is 11.1. The van der Waals surface area contributed by atoms with E-state index in [0.29, 0.717) is 10.8 Å².